The monoisotopic (exact) mass is 695 g/mol. The van der Waals surface area contributed by atoms with Crippen molar-refractivity contribution in [3.8, 4) is 0 Å². The first-order chi connectivity index (χ1) is 24.8. The van der Waals surface area contributed by atoms with E-state index in [1.807, 2.05) is 59.2 Å². The lowest BCUT2D eigenvalue weighted by Gasteiger charge is -2.40. The van der Waals surface area contributed by atoms with E-state index in [4.69, 9.17) is 5.11 Å². The highest BCUT2D eigenvalue weighted by Crippen LogP contribution is 2.34. The van der Waals surface area contributed by atoms with E-state index in [9.17, 15) is 24.3 Å². The van der Waals surface area contributed by atoms with E-state index < -0.39 is 12.2 Å². The van der Waals surface area contributed by atoms with Crippen LogP contribution in [0.5, 0.6) is 0 Å². The third-order valence-electron chi connectivity index (χ3n) is 10.9. The number of rotatable bonds is 6. The molecule has 3 aliphatic heterocycles. The van der Waals surface area contributed by atoms with E-state index >= 15 is 0 Å². The normalized spacial score (nSPS) is 21.5. The van der Waals surface area contributed by atoms with Gasteiger partial charge >= 0.3 is 23.6 Å². The molecule has 2 amide bonds. The van der Waals surface area contributed by atoms with E-state index in [0.29, 0.717) is 51.4 Å². The highest BCUT2D eigenvalue weighted by atomic mass is 16.4. The summed E-state index contributed by atoms with van der Waals surface area (Å²) in [5, 5.41) is 18.8. The highest BCUT2D eigenvalue weighted by molar-refractivity contribution is 5.76. The zero-order chi connectivity index (χ0) is 35.5. The van der Waals surface area contributed by atoms with Crippen molar-refractivity contribution in [2.45, 2.75) is 75.7 Å². The minimum atomic E-state index is -0.885. The molecular formula is C38H45N7O6. The van der Waals surface area contributed by atoms with E-state index in [1.54, 1.807) is 9.47 Å². The summed E-state index contributed by atoms with van der Waals surface area (Å²) in [4.78, 5) is 58.9. The van der Waals surface area contributed by atoms with Crippen LogP contribution in [0, 0.1) is 0 Å². The number of benzene rings is 3. The van der Waals surface area contributed by atoms with Crippen molar-refractivity contribution < 1.29 is 19.8 Å². The Bertz CT molecular complexity index is 2090. The minimum absolute atomic E-state index is 0.00299. The molecule has 3 aliphatic rings. The number of aromatic amines is 2. The SMILES string of the molecule is O=C(O)N1CCC(n2c(=O)[nH]c3ccccc32)CC1.O=C(O)N1CCC(n2c(=O)[nH]c3ccccc32)CC1C[C@@H]1CCCN1Cc1ccccc1. The lowest BCUT2D eigenvalue weighted by molar-refractivity contribution is 0.0744. The number of fused-ring (bicyclic) bond motifs is 2. The number of carboxylic acid groups (broad SMARTS) is 2. The van der Waals surface area contributed by atoms with Crippen LogP contribution >= 0.6 is 0 Å². The summed E-state index contributed by atoms with van der Waals surface area (Å²) in [7, 11) is 0. The second-order valence-corrected chi connectivity index (χ2v) is 13.9. The van der Waals surface area contributed by atoms with Crippen molar-refractivity contribution >= 4 is 34.3 Å². The topological polar surface area (TPSA) is 160 Å². The number of hydrogen-bond acceptors (Lipinski definition) is 5. The highest BCUT2D eigenvalue weighted by Gasteiger charge is 2.37. The third-order valence-corrected chi connectivity index (χ3v) is 10.9. The van der Waals surface area contributed by atoms with E-state index in [1.165, 1.54) is 10.5 Å². The molecule has 0 radical (unpaired) electrons. The van der Waals surface area contributed by atoms with Crippen molar-refractivity contribution in [2.24, 2.45) is 0 Å². The van der Waals surface area contributed by atoms with Gasteiger partial charge in [0, 0.05) is 50.3 Å². The molecule has 268 valence electrons. The summed E-state index contributed by atoms with van der Waals surface area (Å²) in [6.07, 6.45) is 3.98. The molecule has 3 fully saturated rings. The first-order valence-corrected chi connectivity index (χ1v) is 17.9. The van der Waals surface area contributed by atoms with Gasteiger partial charge in [-0.05, 0) is 81.3 Å². The Morgan fingerprint density at radius 3 is 1.82 bits per heavy atom. The van der Waals surface area contributed by atoms with Crippen LogP contribution in [0.3, 0.4) is 0 Å². The molecule has 0 spiro atoms. The quantitative estimate of drug-likeness (QED) is 0.177. The van der Waals surface area contributed by atoms with Crippen LogP contribution in [0.15, 0.2) is 88.5 Å². The van der Waals surface area contributed by atoms with Crippen molar-refractivity contribution in [1.29, 1.82) is 0 Å². The summed E-state index contributed by atoms with van der Waals surface area (Å²) < 4.78 is 3.60. The lowest BCUT2D eigenvalue weighted by Crippen LogP contribution is -2.49. The largest absolute Gasteiger partial charge is 0.465 e. The predicted molar refractivity (Wildman–Crippen MR) is 194 cm³/mol. The molecule has 51 heavy (non-hydrogen) atoms. The lowest BCUT2D eigenvalue weighted by atomic mass is 9.91. The maximum atomic E-state index is 12.7. The molecule has 13 heteroatoms. The molecule has 4 N–H and O–H groups in total. The van der Waals surface area contributed by atoms with Crippen LogP contribution in [0.2, 0.25) is 0 Å². The van der Waals surface area contributed by atoms with Gasteiger partial charge in [0.1, 0.15) is 0 Å². The molecule has 5 aromatic rings. The number of carbonyl (C=O) groups is 2. The van der Waals surface area contributed by atoms with Gasteiger partial charge in [0.15, 0.2) is 0 Å². The Balaban J connectivity index is 0.000000182. The summed E-state index contributed by atoms with van der Waals surface area (Å²) in [5.74, 6) is 0. The molecule has 2 aromatic heterocycles. The predicted octanol–water partition coefficient (Wildman–Crippen LogP) is 5.71. The van der Waals surface area contributed by atoms with Crippen LogP contribution < -0.4 is 11.4 Å². The van der Waals surface area contributed by atoms with Gasteiger partial charge in [-0.2, -0.15) is 0 Å². The van der Waals surface area contributed by atoms with Gasteiger partial charge in [0.05, 0.1) is 22.1 Å². The smallest absolute Gasteiger partial charge is 0.407 e. The van der Waals surface area contributed by atoms with Crippen LogP contribution in [-0.4, -0.2) is 94.5 Å². The number of likely N-dealkylation sites (tertiary alicyclic amines) is 3. The summed E-state index contributed by atoms with van der Waals surface area (Å²) in [5.41, 5.74) is 4.52. The molecule has 2 unspecified atom stereocenters. The first-order valence-electron chi connectivity index (χ1n) is 17.9. The van der Waals surface area contributed by atoms with Crippen molar-refractivity contribution in [2.75, 3.05) is 26.2 Å². The Morgan fingerprint density at radius 1 is 0.647 bits per heavy atom. The fraction of sp³-hybridized carbons (Fsp3) is 0.421. The second-order valence-electron chi connectivity index (χ2n) is 13.9. The average Bonchev–Trinajstić information content (AvgIpc) is 3.82. The van der Waals surface area contributed by atoms with Crippen LogP contribution in [-0.2, 0) is 6.54 Å². The number of piperidine rings is 2. The van der Waals surface area contributed by atoms with Gasteiger partial charge in [0.25, 0.3) is 0 Å². The van der Waals surface area contributed by atoms with E-state index in [-0.39, 0.29) is 29.5 Å². The standard InChI is InChI=1S/C25H30N4O3.C13H15N3O3/c30-24-26-22-10-4-5-11-23(22)29(24)20-12-14-28(25(31)32)21(16-20)15-19-9-6-13-27(19)17-18-7-2-1-3-8-18;17-12-14-10-3-1-2-4-11(10)16(12)9-5-7-15(8-6-9)13(18)19/h1-5,7-8,10-11,19-21H,6,9,12-17H2,(H,26,30)(H,31,32);1-4,9H,5-8H2,(H,14,17)(H,18,19)/t19-,20?,21?;/m0./s1. The van der Waals surface area contributed by atoms with Gasteiger partial charge in [0.2, 0.25) is 0 Å². The number of aromatic nitrogens is 4. The number of amides is 2. The molecule has 3 aromatic carbocycles. The van der Waals surface area contributed by atoms with Gasteiger partial charge in [-0.15, -0.1) is 0 Å². The molecule has 3 atom stereocenters. The van der Waals surface area contributed by atoms with Gasteiger partial charge < -0.3 is 30.0 Å². The molecule has 0 aliphatic carbocycles. The molecule has 0 bridgehead atoms. The maximum absolute atomic E-state index is 12.7. The zero-order valence-corrected chi connectivity index (χ0v) is 28.6. The van der Waals surface area contributed by atoms with E-state index in [2.05, 4.69) is 39.1 Å². The van der Waals surface area contributed by atoms with Crippen LogP contribution in [0.1, 0.15) is 62.6 Å². The second kappa shape index (κ2) is 14.9. The van der Waals surface area contributed by atoms with Crippen molar-refractivity contribution in [3.63, 3.8) is 0 Å². The Kier molecular flexibility index (Phi) is 9.98. The van der Waals surface area contributed by atoms with Gasteiger partial charge in [-0.1, -0.05) is 54.6 Å². The molecule has 5 heterocycles. The van der Waals surface area contributed by atoms with Crippen molar-refractivity contribution in [1.82, 2.24) is 33.8 Å². The number of nitrogens with one attached hydrogen (secondary N) is 2. The summed E-state index contributed by atoms with van der Waals surface area (Å²) in [6, 6.07) is 26.1. The van der Waals surface area contributed by atoms with E-state index in [0.717, 1.165) is 54.4 Å². The number of imidazole rings is 2. The third kappa shape index (κ3) is 7.29. The number of para-hydroxylation sites is 4. The first kappa shape index (κ1) is 34.2. The van der Waals surface area contributed by atoms with Gasteiger partial charge in [-0.25, -0.2) is 19.2 Å². The summed E-state index contributed by atoms with van der Waals surface area (Å²) in [6.45, 7) is 3.36. The molecular weight excluding hydrogens is 650 g/mol. The maximum Gasteiger partial charge on any atom is 0.407 e. The Morgan fingerprint density at radius 2 is 1.22 bits per heavy atom. The van der Waals surface area contributed by atoms with Crippen LogP contribution in [0.25, 0.3) is 22.1 Å². The minimum Gasteiger partial charge on any atom is -0.465 e. The summed E-state index contributed by atoms with van der Waals surface area (Å²) >= 11 is 0. The molecule has 13 nitrogen and oxygen atoms in total. The Labute approximate surface area is 294 Å². The van der Waals surface area contributed by atoms with Gasteiger partial charge in [-0.3, -0.25) is 14.0 Å². The number of nitrogens with zero attached hydrogens (tertiary/aromatic N) is 5. The Hall–Kier alpha value is -5.30. The molecule has 3 saturated heterocycles. The number of H-pyrrole nitrogens is 2. The fourth-order valence-electron chi connectivity index (χ4n) is 8.43. The molecule has 0 saturated carbocycles. The van der Waals surface area contributed by atoms with Crippen LogP contribution in [0.4, 0.5) is 9.59 Å². The fourth-order valence-corrected chi connectivity index (χ4v) is 8.43. The zero-order valence-electron chi connectivity index (χ0n) is 28.6. The van der Waals surface area contributed by atoms with Crippen molar-refractivity contribution in [3.05, 3.63) is 105 Å². The molecule has 8 rings (SSSR count). The average molecular weight is 696 g/mol. The number of hydrogen-bond donors (Lipinski definition) is 4.